The van der Waals surface area contributed by atoms with Gasteiger partial charge in [0, 0.05) is 29.2 Å². The van der Waals surface area contributed by atoms with Gasteiger partial charge in [-0.3, -0.25) is 0 Å². The second-order valence-corrected chi connectivity index (χ2v) is 5.54. The zero-order valence-corrected chi connectivity index (χ0v) is 12.1. The van der Waals surface area contributed by atoms with E-state index in [9.17, 15) is 9.90 Å². The second kappa shape index (κ2) is 5.87. The lowest BCUT2D eigenvalue weighted by Crippen LogP contribution is -2.84. The Bertz CT molecular complexity index is 701. The van der Waals surface area contributed by atoms with Crippen LogP contribution < -0.4 is 10.9 Å². The highest BCUT2D eigenvalue weighted by Crippen LogP contribution is 2.26. The van der Waals surface area contributed by atoms with Crippen LogP contribution in [0.2, 0.25) is 0 Å². The number of fused-ring (bicyclic) bond motifs is 1. The molecule has 0 saturated carbocycles. The fourth-order valence-electron chi connectivity index (χ4n) is 2.84. The highest BCUT2D eigenvalue weighted by Gasteiger charge is 2.17. The van der Waals surface area contributed by atoms with Gasteiger partial charge in [0.05, 0.1) is 0 Å². The Labute approximate surface area is 122 Å². The van der Waals surface area contributed by atoms with Gasteiger partial charge in [0.1, 0.15) is 30.5 Å². The normalized spacial score (nSPS) is 18.4. The van der Waals surface area contributed by atoms with Gasteiger partial charge < -0.3 is 19.6 Å². The van der Waals surface area contributed by atoms with Crippen molar-refractivity contribution < 1.29 is 19.6 Å². The third-order valence-corrected chi connectivity index (χ3v) is 4.04. The standard InChI is InChI=1S/C16H19NO4/c1-10-14(18)5-4-13-11(7-15(19)21-16(10)13)8-17-9-12-3-2-6-20-12/h4-5,7,12,17-18H,2-3,6,8-9H2,1H3/p+1/t12-/m0/s1. The van der Waals surface area contributed by atoms with E-state index >= 15 is 0 Å². The number of rotatable bonds is 4. The summed E-state index contributed by atoms with van der Waals surface area (Å²) in [5.41, 5.74) is 1.63. The number of hydrogen-bond donors (Lipinski definition) is 2. The molecule has 1 aromatic heterocycles. The number of aryl methyl sites for hydroxylation is 1. The summed E-state index contributed by atoms with van der Waals surface area (Å²) in [6.07, 6.45) is 2.57. The Morgan fingerprint density at radius 1 is 1.43 bits per heavy atom. The Balaban J connectivity index is 1.84. The Morgan fingerprint density at radius 2 is 2.29 bits per heavy atom. The van der Waals surface area contributed by atoms with Gasteiger partial charge in [-0.1, -0.05) is 0 Å². The molecule has 3 N–H and O–H groups in total. The van der Waals surface area contributed by atoms with Crippen molar-refractivity contribution in [3.63, 3.8) is 0 Å². The van der Waals surface area contributed by atoms with Crippen LogP contribution in [0.3, 0.4) is 0 Å². The van der Waals surface area contributed by atoms with Gasteiger partial charge in [-0.25, -0.2) is 4.79 Å². The monoisotopic (exact) mass is 290 g/mol. The molecule has 3 rings (SSSR count). The molecule has 5 heteroatoms. The van der Waals surface area contributed by atoms with E-state index in [0.29, 0.717) is 23.8 Å². The van der Waals surface area contributed by atoms with Crippen molar-refractivity contribution in [2.75, 3.05) is 13.2 Å². The fourth-order valence-corrected chi connectivity index (χ4v) is 2.84. The van der Waals surface area contributed by atoms with E-state index in [1.807, 2.05) is 0 Å². The molecule has 1 aromatic carbocycles. The van der Waals surface area contributed by atoms with Gasteiger partial charge in [0.2, 0.25) is 0 Å². The van der Waals surface area contributed by atoms with Crippen LogP contribution in [-0.2, 0) is 11.3 Å². The SMILES string of the molecule is Cc1c(O)ccc2c(C[NH2+]C[C@@H]3CCCO3)cc(=O)oc12. The van der Waals surface area contributed by atoms with Gasteiger partial charge in [-0.15, -0.1) is 0 Å². The van der Waals surface area contributed by atoms with Gasteiger partial charge in [0.25, 0.3) is 0 Å². The third kappa shape index (κ3) is 2.94. The summed E-state index contributed by atoms with van der Waals surface area (Å²) in [6.45, 7) is 4.21. The average molecular weight is 290 g/mol. The summed E-state index contributed by atoms with van der Waals surface area (Å²) in [5.74, 6) is 0.145. The zero-order valence-electron chi connectivity index (χ0n) is 12.1. The lowest BCUT2D eigenvalue weighted by atomic mass is 10.1. The molecule has 1 atom stereocenters. The number of nitrogens with two attached hydrogens (primary N) is 1. The molecule has 1 aliphatic rings. The molecular weight excluding hydrogens is 270 g/mol. The van der Waals surface area contributed by atoms with Crippen LogP contribution in [0.4, 0.5) is 0 Å². The molecule has 0 radical (unpaired) electrons. The molecule has 1 aliphatic heterocycles. The molecule has 5 nitrogen and oxygen atoms in total. The number of quaternary nitrogens is 1. The first-order chi connectivity index (χ1) is 10.1. The van der Waals surface area contributed by atoms with Crippen molar-refractivity contribution in [2.24, 2.45) is 0 Å². The minimum atomic E-state index is -0.378. The first kappa shape index (κ1) is 14.1. The van der Waals surface area contributed by atoms with Crippen LogP contribution >= 0.6 is 0 Å². The predicted molar refractivity (Wildman–Crippen MR) is 78.4 cm³/mol. The van der Waals surface area contributed by atoms with Crippen LogP contribution in [0.25, 0.3) is 11.0 Å². The topological polar surface area (TPSA) is 76.3 Å². The van der Waals surface area contributed by atoms with Gasteiger partial charge in [-0.05, 0) is 31.9 Å². The molecule has 0 spiro atoms. The highest BCUT2D eigenvalue weighted by atomic mass is 16.5. The van der Waals surface area contributed by atoms with Crippen molar-refractivity contribution in [3.05, 3.63) is 39.7 Å². The van der Waals surface area contributed by atoms with Crippen molar-refractivity contribution >= 4 is 11.0 Å². The van der Waals surface area contributed by atoms with E-state index in [4.69, 9.17) is 9.15 Å². The number of hydrogen-bond acceptors (Lipinski definition) is 4. The molecule has 0 bridgehead atoms. The smallest absolute Gasteiger partial charge is 0.336 e. The molecule has 1 fully saturated rings. The predicted octanol–water partition coefficient (Wildman–Crippen LogP) is 1.05. The zero-order chi connectivity index (χ0) is 14.8. The first-order valence-electron chi connectivity index (χ1n) is 7.33. The van der Waals surface area contributed by atoms with Crippen LogP contribution in [0.5, 0.6) is 5.75 Å². The van der Waals surface area contributed by atoms with Crippen LogP contribution in [0.1, 0.15) is 24.0 Å². The lowest BCUT2D eigenvalue weighted by Gasteiger charge is -2.10. The number of aromatic hydroxyl groups is 1. The van der Waals surface area contributed by atoms with Crippen LogP contribution in [-0.4, -0.2) is 24.4 Å². The number of ether oxygens (including phenoxy) is 1. The average Bonchev–Trinajstić information content (AvgIpc) is 2.96. The second-order valence-electron chi connectivity index (χ2n) is 5.54. The molecular formula is C16H20NO4+. The molecule has 112 valence electrons. The van der Waals surface area contributed by atoms with E-state index in [2.05, 4.69) is 5.32 Å². The van der Waals surface area contributed by atoms with Gasteiger partial charge in [0.15, 0.2) is 0 Å². The first-order valence-corrected chi connectivity index (χ1v) is 7.33. The van der Waals surface area contributed by atoms with E-state index in [1.165, 1.54) is 6.07 Å². The van der Waals surface area contributed by atoms with Crippen molar-refractivity contribution in [2.45, 2.75) is 32.4 Å². The van der Waals surface area contributed by atoms with Crippen LogP contribution in [0.15, 0.2) is 27.4 Å². The Morgan fingerprint density at radius 3 is 3.05 bits per heavy atom. The summed E-state index contributed by atoms with van der Waals surface area (Å²) in [6, 6.07) is 4.97. The minimum absolute atomic E-state index is 0.145. The highest BCUT2D eigenvalue weighted by molar-refractivity contribution is 5.84. The molecule has 1 saturated heterocycles. The van der Waals surface area contributed by atoms with Crippen LogP contribution in [0, 0.1) is 6.92 Å². The maximum atomic E-state index is 11.7. The number of phenolic OH excluding ortho intramolecular Hbond substituents is 1. The largest absolute Gasteiger partial charge is 0.508 e. The van der Waals surface area contributed by atoms with E-state index < -0.39 is 0 Å². The summed E-state index contributed by atoms with van der Waals surface area (Å²) in [5, 5.41) is 12.8. The van der Waals surface area contributed by atoms with Crippen molar-refractivity contribution in [1.29, 1.82) is 0 Å². The summed E-state index contributed by atoms with van der Waals surface area (Å²) < 4.78 is 10.8. The molecule has 21 heavy (non-hydrogen) atoms. The van der Waals surface area contributed by atoms with E-state index in [0.717, 1.165) is 36.9 Å². The molecule has 2 aromatic rings. The molecule has 0 amide bonds. The molecule has 0 aliphatic carbocycles. The number of phenols is 1. The minimum Gasteiger partial charge on any atom is -0.508 e. The third-order valence-electron chi connectivity index (χ3n) is 4.04. The van der Waals surface area contributed by atoms with E-state index in [-0.39, 0.29) is 11.4 Å². The van der Waals surface area contributed by atoms with Gasteiger partial charge in [-0.2, -0.15) is 0 Å². The summed E-state index contributed by atoms with van der Waals surface area (Å²) in [7, 11) is 0. The van der Waals surface area contributed by atoms with Gasteiger partial charge >= 0.3 is 5.63 Å². The maximum absolute atomic E-state index is 11.7. The molecule has 2 heterocycles. The Kier molecular flexibility index (Phi) is 3.94. The quantitative estimate of drug-likeness (QED) is 0.825. The summed E-state index contributed by atoms with van der Waals surface area (Å²) >= 11 is 0. The number of benzene rings is 1. The van der Waals surface area contributed by atoms with Crippen molar-refractivity contribution in [1.82, 2.24) is 0 Å². The maximum Gasteiger partial charge on any atom is 0.336 e. The lowest BCUT2D eigenvalue weighted by molar-refractivity contribution is -0.676. The molecule has 0 unspecified atom stereocenters. The fraction of sp³-hybridized carbons (Fsp3) is 0.438. The van der Waals surface area contributed by atoms with Crippen molar-refractivity contribution in [3.8, 4) is 5.75 Å². The summed E-state index contributed by atoms with van der Waals surface area (Å²) in [4.78, 5) is 11.7. The van der Waals surface area contributed by atoms with E-state index in [1.54, 1.807) is 19.1 Å². The Hall–Kier alpha value is -1.85.